The molecular weight excluding hydrogens is 384 g/mol. The second-order valence-corrected chi connectivity index (χ2v) is 6.65. The number of hydrogen-bond acceptors (Lipinski definition) is 12. The lowest BCUT2D eigenvalue weighted by Crippen LogP contribution is -2.40. The zero-order valence-electron chi connectivity index (χ0n) is 14.2. The van der Waals surface area contributed by atoms with E-state index in [1.807, 2.05) is 0 Å². The topological polar surface area (TPSA) is 176 Å². The number of esters is 2. The van der Waals surface area contributed by atoms with Gasteiger partial charge in [-0.2, -0.15) is 9.97 Å². The van der Waals surface area contributed by atoms with Crippen LogP contribution < -0.4 is 10.6 Å². The van der Waals surface area contributed by atoms with Gasteiger partial charge in [0.15, 0.2) is 24.1 Å². The Morgan fingerprint density at radius 1 is 1.26 bits per heavy atom. The summed E-state index contributed by atoms with van der Waals surface area (Å²) in [5.41, 5.74) is 5.49. The van der Waals surface area contributed by atoms with Crippen LogP contribution >= 0.6 is 11.3 Å². The third-order valence-corrected chi connectivity index (χ3v) is 4.73. The lowest BCUT2D eigenvalue weighted by molar-refractivity contribution is -0.165. The Morgan fingerprint density at radius 3 is 2.48 bits per heavy atom. The zero-order valence-corrected chi connectivity index (χ0v) is 15.0. The van der Waals surface area contributed by atoms with Gasteiger partial charge in [-0.05, 0) is 0 Å². The predicted molar refractivity (Wildman–Crippen MR) is 89.9 cm³/mol. The molecule has 0 aliphatic carbocycles. The highest BCUT2D eigenvalue weighted by Gasteiger charge is 2.51. The number of thiazole rings is 1. The standard InChI is InChI=1S/C14H16N4O8S/c1-4(20)24-7-6(3-19)26-12(8(7)25-5(2)21)18-10-9(27-14(18)23)11(22)17-13(15)16-10/h6-8,12,19H,3H2,1-2H3,(H3,15,16,17,22)/t6-,7-,8-,12-/m1/s1. The maximum atomic E-state index is 12.5. The fraction of sp³-hybridized carbons (Fsp3) is 0.500. The molecule has 3 rings (SSSR count). The summed E-state index contributed by atoms with van der Waals surface area (Å²) in [5.74, 6) is -2.18. The molecule has 2 aromatic heterocycles. The molecule has 4 N–H and O–H groups in total. The Balaban J connectivity index is 2.15. The minimum Gasteiger partial charge on any atom is -0.492 e. The van der Waals surface area contributed by atoms with Crippen molar-refractivity contribution < 1.29 is 34.0 Å². The summed E-state index contributed by atoms with van der Waals surface area (Å²) in [6.07, 6.45) is -4.73. The summed E-state index contributed by atoms with van der Waals surface area (Å²) in [6.45, 7) is 1.71. The smallest absolute Gasteiger partial charge is 0.311 e. The first kappa shape index (κ1) is 19.0. The van der Waals surface area contributed by atoms with Gasteiger partial charge >= 0.3 is 16.8 Å². The van der Waals surface area contributed by atoms with Crippen molar-refractivity contribution in [2.24, 2.45) is 0 Å². The number of anilines is 1. The molecule has 1 fully saturated rings. The SMILES string of the molecule is CC(=O)O[C@@H]1[C@H](OC(C)=O)[C@@H](CO)O[C@H]1n1c(=O)sc2c(O)nc(N)nc21. The molecule has 12 nitrogen and oxygen atoms in total. The number of ether oxygens (including phenoxy) is 3. The van der Waals surface area contributed by atoms with Gasteiger partial charge in [0.2, 0.25) is 11.8 Å². The molecule has 3 heterocycles. The minimum absolute atomic E-state index is 0.0442. The van der Waals surface area contributed by atoms with Crippen molar-refractivity contribution in [1.82, 2.24) is 14.5 Å². The second-order valence-electron chi connectivity index (χ2n) is 5.69. The number of rotatable bonds is 4. The predicted octanol–water partition coefficient (Wildman–Crippen LogP) is -1.11. The van der Waals surface area contributed by atoms with Crippen molar-refractivity contribution in [1.29, 1.82) is 0 Å². The number of aromatic nitrogens is 3. The number of nitrogens with zero attached hydrogens (tertiary/aromatic N) is 3. The number of carbonyl (C=O) groups excluding carboxylic acids is 2. The van der Waals surface area contributed by atoms with E-state index in [-0.39, 0.29) is 16.3 Å². The normalized spacial score (nSPS) is 24.9. The number of aromatic hydroxyl groups is 1. The summed E-state index contributed by atoms with van der Waals surface area (Å²) >= 11 is 0.632. The summed E-state index contributed by atoms with van der Waals surface area (Å²) in [4.78, 5) is 42.4. The Morgan fingerprint density at radius 2 is 1.89 bits per heavy atom. The highest BCUT2D eigenvalue weighted by molar-refractivity contribution is 7.16. The van der Waals surface area contributed by atoms with Crippen molar-refractivity contribution >= 4 is 39.6 Å². The van der Waals surface area contributed by atoms with Gasteiger partial charge in [-0.25, -0.2) is 0 Å². The average molecular weight is 400 g/mol. The summed E-state index contributed by atoms with van der Waals surface area (Å²) < 4.78 is 17.0. The monoisotopic (exact) mass is 400 g/mol. The van der Waals surface area contributed by atoms with E-state index in [2.05, 4.69) is 9.97 Å². The largest absolute Gasteiger partial charge is 0.492 e. The quantitative estimate of drug-likeness (QED) is 0.531. The first-order valence-corrected chi connectivity index (χ1v) is 8.52. The average Bonchev–Trinajstić information content (AvgIpc) is 3.04. The Labute approximate surface area is 155 Å². The van der Waals surface area contributed by atoms with E-state index in [0.29, 0.717) is 11.3 Å². The van der Waals surface area contributed by atoms with E-state index in [1.54, 1.807) is 0 Å². The molecule has 0 spiro atoms. The second kappa shape index (κ2) is 7.09. The molecule has 0 unspecified atom stereocenters. The number of hydrogen-bond donors (Lipinski definition) is 3. The van der Waals surface area contributed by atoms with Crippen molar-refractivity contribution in [3.8, 4) is 5.88 Å². The van der Waals surface area contributed by atoms with Gasteiger partial charge in [0, 0.05) is 13.8 Å². The van der Waals surface area contributed by atoms with Crippen LogP contribution in [0.1, 0.15) is 20.1 Å². The van der Waals surface area contributed by atoms with Gasteiger partial charge in [0.1, 0.15) is 10.8 Å². The van der Waals surface area contributed by atoms with Gasteiger partial charge < -0.3 is 30.2 Å². The molecule has 146 valence electrons. The van der Waals surface area contributed by atoms with Crippen molar-refractivity contribution in [3.63, 3.8) is 0 Å². The van der Waals surface area contributed by atoms with Crippen LogP contribution in [-0.2, 0) is 23.8 Å². The lowest BCUT2D eigenvalue weighted by atomic mass is 10.1. The molecule has 2 aromatic rings. The summed E-state index contributed by atoms with van der Waals surface area (Å²) in [5, 5.41) is 19.5. The van der Waals surface area contributed by atoms with Crippen LogP contribution in [0.15, 0.2) is 4.79 Å². The molecule has 1 aliphatic heterocycles. The molecule has 0 saturated carbocycles. The fourth-order valence-electron chi connectivity index (χ4n) is 2.86. The molecule has 13 heteroatoms. The highest BCUT2D eigenvalue weighted by atomic mass is 32.1. The van der Waals surface area contributed by atoms with Gasteiger partial charge in [0.05, 0.1) is 6.61 Å². The van der Waals surface area contributed by atoms with E-state index >= 15 is 0 Å². The molecular formula is C14H16N4O8S. The van der Waals surface area contributed by atoms with E-state index < -0.39 is 53.8 Å². The molecule has 0 radical (unpaired) electrons. The van der Waals surface area contributed by atoms with Gasteiger partial charge in [0.25, 0.3) is 0 Å². The van der Waals surface area contributed by atoms with E-state index in [1.165, 1.54) is 0 Å². The van der Waals surface area contributed by atoms with Crippen LogP contribution in [-0.4, -0.2) is 61.6 Å². The number of aliphatic hydroxyl groups is 1. The molecule has 27 heavy (non-hydrogen) atoms. The third-order valence-electron chi connectivity index (χ3n) is 3.79. The van der Waals surface area contributed by atoms with Crippen LogP contribution in [0.25, 0.3) is 10.3 Å². The van der Waals surface area contributed by atoms with Crippen LogP contribution in [0, 0.1) is 0 Å². The first-order chi connectivity index (χ1) is 12.7. The number of aliphatic hydroxyl groups excluding tert-OH is 1. The molecule has 4 atom stereocenters. The maximum absolute atomic E-state index is 12.5. The molecule has 0 bridgehead atoms. The summed E-state index contributed by atoms with van der Waals surface area (Å²) in [6, 6.07) is 0. The molecule has 1 saturated heterocycles. The number of fused-ring (bicyclic) bond motifs is 1. The number of nitrogens with two attached hydrogens (primary N) is 1. The lowest BCUT2D eigenvalue weighted by Gasteiger charge is -2.23. The Kier molecular flexibility index (Phi) is 4.99. The Bertz CT molecular complexity index is 956. The van der Waals surface area contributed by atoms with E-state index in [9.17, 15) is 24.6 Å². The fourth-order valence-corrected chi connectivity index (χ4v) is 3.69. The number of carbonyl (C=O) groups is 2. The van der Waals surface area contributed by atoms with Crippen molar-refractivity contribution in [2.75, 3.05) is 12.3 Å². The third kappa shape index (κ3) is 3.43. The van der Waals surface area contributed by atoms with Crippen molar-refractivity contribution in [2.45, 2.75) is 38.4 Å². The highest BCUT2D eigenvalue weighted by Crippen LogP contribution is 2.36. The van der Waals surface area contributed by atoms with Gasteiger partial charge in [-0.3, -0.25) is 19.0 Å². The van der Waals surface area contributed by atoms with Crippen LogP contribution in [0.4, 0.5) is 5.95 Å². The van der Waals surface area contributed by atoms with E-state index in [4.69, 9.17) is 19.9 Å². The van der Waals surface area contributed by atoms with Crippen molar-refractivity contribution in [3.05, 3.63) is 9.67 Å². The zero-order chi connectivity index (χ0) is 19.9. The minimum atomic E-state index is -1.27. The maximum Gasteiger partial charge on any atom is 0.311 e. The van der Waals surface area contributed by atoms with Crippen LogP contribution in [0.3, 0.4) is 0 Å². The van der Waals surface area contributed by atoms with E-state index in [0.717, 1.165) is 18.4 Å². The number of nitrogen functional groups attached to an aromatic ring is 1. The Hall–Kier alpha value is -2.77. The first-order valence-electron chi connectivity index (χ1n) is 7.71. The molecule has 0 amide bonds. The van der Waals surface area contributed by atoms with Crippen LogP contribution in [0.2, 0.25) is 0 Å². The van der Waals surface area contributed by atoms with Crippen LogP contribution in [0.5, 0.6) is 5.88 Å². The van der Waals surface area contributed by atoms with Gasteiger partial charge in [-0.1, -0.05) is 11.3 Å². The molecule has 1 aliphatic rings. The van der Waals surface area contributed by atoms with Gasteiger partial charge in [-0.15, -0.1) is 0 Å². The molecule has 0 aromatic carbocycles. The summed E-state index contributed by atoms with van der Waals surface area (Å²) in [7, 11) is 0.